The maximum absolute atomic E-state index is 5.26. The Kier molecular flexibility index (Phi) is 8.29. The van der Waals surface area contributed by atoms with Gasteiger partial charge >= 0.3 is 0 Å². The molecule has 0 fully saturated rings. The van der Waals surface area contributed by atoms with Crippen LogP contribution in [0.3, 0.4) is 0 Å². The molecule has 0 unspecified atom stereocenters. The molecule has 0 bridgehead atoms. The smallest absolute Gasteiger partial charge is 0.0709 e. The SMILES string of the molecule is c1ccc(-n2c3ccccc3c3cc4c(cc32)c2ccccc2n4-c2ccc(-c3cccc(-c4ccc(-n5c6ccccc6c6cc7c(cc65)c5ccccc5n7-c5ccccc5)cc4)n3)cc2)cc1. The highest BCUT2D eigenvalue weighted by atomic mass is 15.0. The van der Waals surface area contributed by atoms with Crippen LogP contribution in [0.5, 0.6) is 0 Å². The van der Waals surface area contributed by atoms with E-state index < -0.39 is 0 Å². The van der Waals surface area contributed by atoms with Crippen molar-refractivity contribution in [3.63, 3.8) is 0 Å². The first-order valence-corrected chi connectivity index (χ1v) is 24.0. The zero-order valence-electron chi connectivity index (χ0n) is 37.9. The largest absolute Gasteiger partial charge is 0.309 e. The Balaban J connectivity index is 0.798. The van der Waals surface area contributed by atoms with Crippen LogP contribution < -0.4 is 0 Å². The van der Waals surface area contributed by atoms with E-state index in [0.717, 1.165) is 45.3 Å². The summed E-state index contributed by atoms with van der Waals surface area (Å²) in [7, 11) is 0. The van der Waals surface area contributed by atoms with Gasteiger partial charge in [-0.25, -0.2) is 4.98 Å². The van der Waals surface area contributed by atoms with Crippen molar-refractivity contribution in [1.29, 1.82) is 0 Å². The van der Waals surface area contributed by atoms with Gasteiger partial charge in [0.2, 0.25) is 0 Å². The van der Waals surface area contributed by atoms with Crippen molar-refractivity contribution >= 4 is 87.2 Å². The van der Waals surface area contributed by atoms with Gasteiger partial charge in [0.25, 0.3) is 0 Å². The Bertz CT molecular complexity index is 4260. The van der Waals surface area contributed by atoms with Gasteiger partial charge in [0, 0.05) is 77.0 Å². The molecule has 0 saturated carbocycles. The van der Waals surface area contributed by atoms with Crippen LogP contribution in [0.4, 0.5) is 0 Å². The predicted molar refractivity (Wildman–Crippen MR) is 292 cm³/mol. The Morgan fingerprint density at radius 3 is 0.786 bits per heavy atom. The standard InChI is InChI=1S/C65H41N5/c1-3-16-44(17-4-1)67-58-26-11-7-20-48(58)52-40-64-54(38-62(52)67)50-22-9-13-28-60(50)69(64)46-34-30-42(31-35-46)56-24-15-25-57(66-56)43-32-36-47(37-33-43)70-61-29-14-10-23-51(61)55-39-63-53(41-65(55)70)49-21-8-12-27-59(49)68(63)45-18-5-2-6-19-45/h1-41H. The molecule has 0 spiro atoms. The molecule has 0 saturated heterocycles. The molecule has 5 nitrogen and oxygen atoms in total. The van der Waals surface area contributed by atoms with Crippen molar-refractivity contribution in [3.05, 3.63) is 249 Å². The van der Waals surface area contributed by atoms with E-state index >= 15 is 0 Å². The Hall–Kier alpha value is -9.45. The highest BCUT2D eigenvalue weighted by Crippen LogP contribution is 2.42. The zero-order chi connectivity index (χ0) is 45.9. The summed E-state index contributed by atoms with van der Waals surface area (Å²) in [6, 6.07) is 90.1. The lowest BCUT2D eigenvalue weighted by Gasteiger charge is -2.11. The third-order valence-corrected chi connectivity index (χ3v) is 14.6. The molecule has 10 aromatic carbocycles. The highest BCUT2D eigenvalue weighted by molar-refractivity contribution is 6.20. The number of hydrogen-bond donors (Lipinski definition) is 0. The van der Waals surface area contributed by atoms with Crippen molar-refractivity contribution in [2.45, 2.75) is 0 Å². The second-order valence-electron chi connectivity index (χ2n) is 18.4. The van der Waals surface area contributed by atoms with Crippen molar-refractivity contribution < 1.29 is 0 Å². The topological polar surface area (TPSA) is 32.6 Å². The number of benzene rings is 10. The minimum atomic E-state index is 0.937. The van der Waals surface area contributed by atoms with Crippen LogP contribution in [0.15, 0.2) is 249 Å². The second kappa shape index (κ2) is 15.0. The van der Waals surface area contributed by atoms with E-state index in [-0.39, 0.29) is 0 Å². The number of hydrogen-bond acceptors (Lipinski definition) is 1. The van der Waals surface area contributed by atoms with Gasteiger partial charge in [0.15, 0.2) is 0 Å². The van der Waals surface area contributed by atoms with E-state index in [4.69, 9.17) is 4.98 Å². The van der Waals surface area contributed by atoms with Crippen molar-refractivity contribution in [1.82, 2.24) is 23.3 Å². The predicted octanol–water partition coefficient (Wildman–Crippen LogP) is 16.8. The van der Waals surface area contributed by atoms with Crippen molar-refractivity contribution in [2.24, 2.45) is 0 Å². The van der Waals surface area contributed by atoms with Gasteiger partial charge in [0.05, 0.1) is 55.5 Å². The van der Waals surface area contributed by atoms with E-state index in [9.17, 15) is 0 Å². The number of para-hydroxylation sites is 6. The zero-order valence-corrected chi connectivity index (χ0v) is 37.9. The molecule has 5 heteroatoms. The summed E-state index contributed by atoms with van der Waals surface area (Å²) >= 11 is 0. The summed E-state index contributed by atoms with van der Waals surface area (Å²) in [5, 5.41) is 9.89. The van der Waals surface area contributed by atoms with Crippen LogP contribution >= 0.6 is 0 Å². The summed E-state index contributed by atoms with van der Waals surface area (Å²) < 4.78 is 9.62. The molecule has 5 aromatic heterocycles. The second-order valence-corrected chi connectivity index (χ2v) is 18.4. The maximum Gasteiger partial charge on any atom is 0.0709 e. The van der Waals surface area contributed by atoms with E-state index in [1.807, 2.05) is 0 Å². The van der Waals surface area contributed by atoms with Crippen LogP contribution in [0.2, 0.25) is 0 Å². The van der Waals surface area contributed by atoms with Crippen LogP contribution in [0.25, 0.3) is 132 Å². The average molecular weight is 892 g/mol. The minimum absolute atomic E-state index is 0.937. The summed E-state index contributed by atoms with van der Waals surface area (Å²) in [5.74, 6) is 0. The average Bonchev–Trinajstić information content (AvgIpc) is 4.15. The molecule has 0 N–H and O–H groups in total. The summed E-state index contributed by atoms with van der Waals surface area (Å²) in [6.07, 6.45) is 0. The molecule has 70 heavy (non-hydrogen) atoms. The molecule has 326 valence electrons. The van der Waals surface area contributed by atoms with Crippen molar-refractivity contribution in [3.8, 4) is 45.3 Å². The van der Waals surface area contributed by atoms with Crippen LogP contribution in [-0.4, -0.2) is 23.3 Å². The molecule has 15 aromatic rings. The van der Waals surface area contributed by atoms with Gasteiger partial charge in [-0.05, 0) is 109 Å². The number of aromatic nitrogens is 5. The van der Waals surface area contributed by atoms with Gasteiger partial charge in [0.1, 0.15) is 0 Å². The first kappa shape index (κ1) is 38.6. The fraction of sp³-hybridized carbons (Fsp3) is 0. The van der Waals surface area contributed by atoms with Crippen molar-refractivity contribution in [2.75, 3.05) is 0 Å². The Morgan fingerprint density at radius 1 is 0.200 bits per heavy atom. The van der Waals surface area contributed by atoms with Gasteiger partial charge in [-0.1, -0.05) is 140 Å². The molecule has 0 aliphatic carbocycles. The molecule has 0 atom stereocenters. The normalized spacial score (nSPS) is 12.0. The molecule has 0 radical (unpaired) electrons. The van der Waals surface area contributed by atoms with E-state index in [0.29, 0.717) is 0 Å². The molecule has 0 amide bonds. The maximum atomic E-state index is 5.26. The monoisotopic (exact) mass is 891 g/mol. The lowest BCUT2D eigenvalue weighted by molar-refractivity contribution is 1.17. The number of nitrogens with zero attached hydrogens (tertiary/aromatic N) is 5. The lowest BCUT2D eigenvalue weighted by Crippen LogP contribution is -1.95. The number of fused-ring (bicyclic) bond motifs is 12. The highest BCUT2D eigenvalue weighted by Gasteiger charge is 2.21. The van der Waals surface area contributed by atoms with E-state index in [2.05, 4.69) is 267 Å². The Labute approximate surface area is 402 Å². The lowest BCUT2D eigenvalue weighted by atomic mass is 10.1. The summed E-state index contributed by atoms with van der Waals surface area (Å²) in [4.78, 5) is 5.26. The van der Waals surface area contributed by atoms with Crippen LogP contribution in [0.1, 0.15) is 0 Å². The quantitative estimate of drug-likeness (QED) is 0.164. The molecule has 0 aliphatic heterocycles. The van der Waals surface area contributed by atoms with Gasteiger partial charge in [-0.2, -0.15) is 0 Å². The first-order valence-electron chi connectivity index (χ1n) is 24.0. The van der Waals surface area contributed by atoms with Crippen LogP contribution in [-0.2, 0) is 0 Å². The summed E-state index contributed by atoms with van der Waals surface area (Å²) in [5.41, 5.74) is 18.1. The molecular formula is C65H41N5. The molecular weight excluding hydrogens is 851 g/mol. The van der Waals surface area contributed by atoms with E-state index in [1.54, 1.807) is 0 Å². The molecule has 5 heterocycles. The fourth-order valence-electron chi connectivity index (χ4n) is 11.4. The first-order chi connectivity index (χ1) is 34.7. The third-order valence-electron chi connectivity index (χ3n) is 14.6. The fourth-order valence-corrected chi connectivity index (χ4v) is 11.4. The van der Waals surface area contributed by atoms with Gasteiger partial charge in [-0.3, -0.25) is 0 Å². The molecule has 15 rings (SSSR count). The number of rotatable bonds is 6. The summed E-state index contributed by atoms with van der Waals surface area (Å²) in [6.45, 7) is 0. The number of pyridine rings is 1. The Morgan fingerprint density at radius 2 is 0.471 bits per heavy atom. The van der Waals surface area contributed by atoms with E-state index in [1.165, 1.54) is 87.2 Å². The minimum Gasteiger partial charge on any atom is -0.309 e. The molecule has 0 aliphatic rings. The van der Waals surface area contributed by atoms with Gasteiger partial charge < -0.3 is 18.3 Å². The van der Waals surface area contributed by atoms with Gasteiger partial charge in [-0.15, -0.1) is 0 Å². The third kappa shape index (κ3) is 5.69. The van der Waals surface area contributed by atoms with Crippen LogP contribution in [0, 0.1) is 0 Å².